The first-order valence-electron chi connectivity index (χ1n) is 4.57. The van der Waals surface area contributed by atoms with Crippen LogP contribution in [-0.4, -0.2) is 24.9 Å². The van der Waals surface area contributed by atoms with E-state index in [9.17, 15) is 5.11 Å². The van der Waals surface area contributed by atoms with E-state index >= 15 is 0 Å². The molecule has 1 aliphatic heterocycles. The van der Waals surface area contributed by atoms with Crippen LogP contribution in [0.1, 0.15) is 11.6 Å². The van der Waals surface area contributed by atoms with Gasteiger partial charge < -0.3 is 15.2 Å². The van der Waals surface area contributed by atoms with Crippen molar-refractivity contribution in [1.29, 1.82) is 0 Å². The Labute approximate surface area is 87.6 Å². The highest BCUT2D eigenvalue weighted by Gasteiger charge is 2.20. The molecular weight excluding hydrogens is 202 g/mol. The molecule has 1 heterocycles. The van der Waals surface area contributed by atoms with Gasteiger partial charge in [0.25, 0.3) is 0 Å². The Balaban J connectivity index is 2.29. The molecular formula is C10H12ClNO2. The summed E-state index contributed by atoms with van der Waals surface area (Å²) in [5, 5.41) is 13.5. The Morgan fingerprint density at radius 3 is 3.00 bits per heavy atom. The number of ether oxygens (including phenoxy) is 1. The highest BCUT2D eigenvalue weighted by atomic mass is 35.5. The summed E-state index contributed by atoms with van der Waals surface area (Å²) in [5.74, 6) is 0.223. The maximum atomic E-state index is 9.66. The quantitative estimate of drug-likeness (QED) is 0.746. The Kier molecular flexibility index (Phi) is 2.91. The molecule has 76 valence electrons. The van der Waals surface area contributed by atoms with E-state index in [1.165, 1.54) is 0 Å². The van der Waals surface area contributed by atoms with Gasteiger partial charge in [0.05, 0.1) is 19.3 Å². The molecule has 3 nitrogen and oxygen atoms in total. The molecule has 1 saturated heterocycles. The normalized spacial score (nSPS) is 22.2. The van der Waals surface area contributed by atoms with Gasteiger partial charge >= 0.3 is 0 Å². The maximum Gasteiger partial charge on any atom is 0.121 e. The van der Waals surface area contributed by atoms with Crippen molar-refractivity contribution in [3.05, 3.63) is 28.8 Å². The number of benzene rings is 1. The van der Waals surface area contributed by atoms with Gasteiger partial charge in [-0.2, -0.15) is 0 Å². The zero-order valence-corrected chi connectivity index (χ0v) is 8.42. The van der Waals surface area contributed by atoms with Gasteiger partial charge in [-0.3, -0.25) is 0 Å². The van der Waals surface area contributed by atoms with Crippen molar-refractivity contribution in [2.75, 3.05) is 19.8 Å². The number of phenolic OH excluding ortho intramolecular Hbond substituents is 1. The number of aromatic hydroxyl groups is 1. The molecule has 0 unspecified atom stereocenters. The van der Waals surface area contributed by atoms with Gasteiger partial charge in [-0.1, -0.05) is 17.7 Å². The van der Waals surface area contributed by atoms with Gasteiger partial charge in [-0.15, -0.1) is 0 Å². The number of morpholine rings is 1. The first-order chi connectivity index (χ1) is 6.79. The molecule has 1 fully saturated rings. The number of hydrogen-bond acceptors (Lipinski definition) is 3. The van der Waals surface area contributed by atoms with E-state index in [4.69, 9.17) is 16.3 Å². The van der Waals surface area contributed by atoms with Gasteiger partial charge in [-0.25, -0.2) is 0 Å². The fourth-order valence-electron chi connectivity index (χ4n) is 1.62. The van der Waals surface area contributed by atoms with Crippen molar-refractivity contribution in [3.8, 4) is 5.75 Å². The monoisotopic (exact) mass is 213 g/mol. The van der Waals surface area contributed by atoms with Gasteiger partial charge in [0.1, 0.15) is 5.75 Å². The van der Waals surface area contributed by atoms with Crippen LogP contribution in [0.3, 0.4) is 0 Å². The molecule has 0 radical (unpaired) electrons. The minimum atomic E-state index is -0.00236. The summed E-state index contributed by atoms with van der Waals surface area (Å²) in [6.45, 7) is 2.05. The predicted octanol–water partition coefficient (Wildman–Crippen LogP) is 1.71. The minimum Gasteiger partial charge on any atom is -0.508 e. The molecule has 0 spiro atoms. The number of nitrogens with one attached hydrogen (secondary N) is 1. The van der Waals surface area contributed by atoms with Gasteiger partial charge in [-0.05, 0) is 12.1 Å². The van der Waals surface area contributed by atoms with Crippen LogP contribution in [0.4, 0.5) is 0 Å². The van der Waals surface area contributed by atoms with Crippen molar-refractivity contribution < 1.29 is 9.84 Å². The van der Waals surface area contributed by atoms with E-state index in [1.54, 1.807) is 18.2 Å². The summed E-state index contributed by atoms with van der Waals surface area (Å²) in [6, 6.07) is 5.13. The van der Waals surface area contributed by atoms with Crippen molar-refractivity contribution in [2.45, 2.75) is 6.04 Å². The Morgan fingerprint density at radius 1 is 1.50 bits per heavy atom. The summed E-state index contributed by atoms with van der Waals surface area (Å²) >= 11 is 6.01. The van der Waals surface area contributed by atoms with E-state index in [2.05, 4.69) is 5.32 Å². The summed E-state index contributed by atoms with van der Waals surface area (Å²) in [5.41, 5.74) is 0.730. The third-order valence-electron chi connectivity index (χ3n) is 2.30. The molecule has 0 aromatic heterocycles. The predicted molar refractivity (Wildman–Crippen MR) is 54.7 cm³/mol. The molecule has 0 saturated carbocycles. The second-order valence-electron chi connectivity index (χ2n) is 3.25. The molecule has 2 rings (SSSR count). The lowest BCUT2D eigenvalue weighted by Crippen LogP contribution is -2.34. The van der Waals surface area contributed by atoms with Crippen LogP contribution in [0, 0.1) is 0 Å². The van der Waals surface area contributed by atoms with Crippen LogP contribution in [-0.2, 0) is 4.74 Å². The van der Waals surface area contributed by atoms with Crippen LogP contribution in [0.5, 0.6) is 5.75 Å². The summed E-state index contributed by atoms with van der Waals surface area (Å²) in [6.07, 6.45) is 0. The Bertz CT molecular complexity index is 304. The second-order valence-corrected chi connectivity index (χ2v) is 3.66. The van der Waals surface area contributed by atoms with Crippen molar-refractivity contribution >= 4 is 11.6 Å². The summed E-state index contributed by atoms with van der Waals surface area (Å²) in [7, 11) is 0. The highest BCUT2D eigenvalue weighted by molar-refractivity contribution is 6.31. The zero-order valence-electron chi connectivity index (χ0n) is 7.66. The molecule has 4 heteroatoms. The molecule has 14 heavy (non-hydrogen) atoms. The molecule has 1 aliphatic rings. The highest BCUT2D eigenvalue weighted by Crippen LogP contribution is 2.31. The lowest BCUT2D eigenvalue weighted by atomic mass is 10.1. The van der Waals surface area contributed by atoms with Gasteiger partial charge in [0, 0.05) is 17.1 Å². The molecule has 0 bridgehead atoms. The summed E-state index contributed by atoms with van der Waals surface area (Å²) in [4.78, 5) is 0. The Morgan fingerprint density at radius 2 is 2.36 bits per heavy atom. The van der Waals surface area contributed by atoms with E-state index in [1.807, 2.05) is 0 Å². The number of phenols is 1. The lowest BCUT2D eigenvalue weighted by molar-refractivity contribution is 0.0761. The maximum absolute atomic E-state index is 9.66. The smallest absolute Gasteiger partial charge is 0.121 e. The topological polar surface area (TPSA) is 41.5 Å². The first kappa shape index (κ1) is 9.77. The van der Waals surface area contributed by atoms with E-state index in [-0.39, 0.29) is 11.8 Å². The van der Waals surface area contributed by atoms with E-state index in [0.717, 1.165) is 12.1 Å². The fraction of sp³-hybridized carbons (Fsp3) is 0.400. The number of halogens is 1. The largest absolute Gasteiger partial charge is 0.508 e. The molecule has 1 aromatic carbocycles. The molecule has 0 aliphatic carbocycles. The molecule has 0 amide bonds. The van der Waals surface area contributed by atoms with Gasteiger partial charge in [0.2, 0.25) is 0 Å². The summed E-state index contributed by atoms with van der Waals surface area (Å²) < 4.78 is 5.31. The average molecular weight is 214 g/mol. The van der Waals surface area contributed by atoms with Crippen molar-refractivity contribution in [2.24, 2.45) is 0 Å². The van der Waals surface area contributed by atoms with E-state index in [0.29, 0.717) is 18.2 Å². The fourth-order valence-corrected chi connectivity index (χ4v) is 1.92. The average Bonchev–Trinajstić information content (AvgIpc) is 2.19. The number of rotatable bonds is 1. The molecule has 2 N–H and O–H groups in total. The third-order valence-corrected chi connectivity index (χ3v) is 2.63. The third kappa shape index (κ3) is 1.85. The van der Waals surface area contributed by atoms with Crippen LogP contribution in [0.15, 0.2) is 18.2 Å². The standard InChI is InChI=1S/C10H12ClNO2/c11-7-2-1-3-9(13)10(7)8-6-14-5-4-12-8/h1-3,8,12-13H,4-6H2/t8-/m0/s1. The Hall–Kier alpha value is -0.770. The first-order valence-corrected chi connectivity index (χ1v) is 4.95. The van der Waals surface area contributed by atoms with Crippen LogP contribution in [0.25, 0.3) is 0 Å². The van der Waals surface area contributed by atoms with Crippen molar-refractivity contribution in [3.63, 3.8) is 0 Å². The minimum absolute atomic E-state index is 0.00236. The van der Waals surface area contributed by atoms with Crippen molar-refractivity contribution in [1.82, 2.24) is 5.32 Å². The SMILES string of the molecule is Oc1cccc(Cl)c1[C@@H]1COCCN1. The number of hydrogen-bond donors (Lipinski definition) is 2. The van der Waals surface area contributed by atoms with Crippen LogP contribution >= 0.6 is 11.6 Å². The van der Waals surface area contributed by atoms with Crippen LogP contribution in [0.2, 0.25) is 5.02 Å². The molecule has 1 atom stereocenters. The zero-order chi connectivity index (χ0) is 9.97. The van der Waals surface area contributed by atoms with E-state index < -0.39 is 0 Å². The molecule has 1 aromatic rings. The second kappa shape index (κ2) is 4.17. The van der Waals surface area contributed by atoms with Crippen LogP contribution < -0.4 is 5.32 Å². The lowest BCUT2D eigenvalue weighted by Gasteiger charge is -2.25. The van der Waals surface area contributed by atoms with Gasteiger partial charge in [0.15, 0.2) is 0 Å².